The summed E-state index contributed by atoms with van der Waals surface area (Å²) >= 11 is 0. The normalized spacial score (nSPS) is 10.8. The first-order chi connectivity index (χ1) is 9.69. The fraction of sp³-hybridized carbons (Fsp3) is 0.438. The van der Waals surface area contributed by atoms with Gasteiger partial charge in [-0.05, 0) is 37.1 Å². The molecule has 1 amide bonds. The quantitative estimate of drug-likeness (QED) is 0.880. The molecule has 0 unspecified atom stereocenters. The van der Waals surface area contributed by atoms with Gasteiger partial charge in [-0.2, -0.15) is 0 Å². The number of nitrogens with one attached hydrogen (secondary N) is 1. The molecular formula is C16H22N2O2. The molecule has 4 heteroatoms. The molecule has 2 aromatic rings. The van der Waals surface area contributed by atoms with Crippen molar-refractivity contribution in [3.05, 3.63) is 30.0 Å². The second-order valence-electron chi connectivity index (χ2n) is 4.78. The molecule has 108 valence electrons. The van der Waals surface area contributed by atoms with E-state index in [2.05, 4.69) is 35.1 Å². The van der Waals surface area contributed by atoms with E-state index in [-0.39, 0.29) is 5.91 Å². The van der Waals surface area contributed by atoms with Crippen molar-refractivity contribution in [1.82, 2.24) is 9.88 Å². The van der Waals surface area contributed by atoms with Gasteiger partial charge in [-0.3, -0.25) is 4.79 Å². The van der Waals surface area contributed by atoms with E-state index in [1.54, 1.807) is 7.11 Å². The summed E-state index contributed by atoms with van der Waals surface area (Å²) in [6.07, 6.45) is 3.54. The van der Waals surface area contributed by atoms with E-state index in [1.165, 1.54) is 16.5 Å². The van der Waals surface area contributed by atoms with E-state index in [9.17, 15) is 4.79 Å². The monoisotopic (exact) mass is 274 g/mol. The Balaban J connectivity index is 2.24. The lowest BCUT2D eigenvalue weighted by Crippen LogP contribution is -2.24. The minimum absolute atomic E-state index is 0.0989. The van der Waals surface area contributed by atoms with Gasteiger partial charge in [0.1, 0.15) is 5.75 Å². The van der Waals surface area contributed by atoms with Crippen molar-refractivity contribution in [2.45, 2.75) is 33.2 Å². The van der Waals surface area contributed by atoms with Crippen molar-refractivity contribution in [3.8, 4) is 5.75 Å². The molecule has 0 aliphatic heterocycles. The predicted molar refractivity (Wildman–Crippen MR) is 81.2 cm³/mol. The number of aromatic nitrogens is 1. The van der Waals surface area contributed by atoms with E-state index in [0.29, 0.717) is 13.0 Å². The summed E-state index contributed by atoms with van der Waals surface area (Å²) in [5.41, 5.74) is 2.46. The van der Waals surface area contributed by atoms with Gasteiger partial charge >= 0.3 is 0 Å². The van der Waals surface area contributed by atoms with Gasteiger partial charge in [0.25, 0.3) is 0 Å². The lowest BCUT2D eigenvalue weighted by molar-refractivity contribution is -0.120. The van der Waals surface area contributed by atoms with E-state index in [4.69, 9.17) is 4.74 Å². The molecule has 0 aliphatic carbocycles. The van der Waals surface area contributed by atoms with Gasteiger partial charge in [0.15, 0.2) is 0 Å². The van der Waals surface area contributed by atoms with Crippen molar-refractivity contribution >= 4 is 16.8 Å². The smallest absolute Gasteiger partial charge is 0.219 e. The number of aryl methyl sites for hydroxylation is 1. The Bertz CT molecular complexity index is 602. The molecule has 0 bridgehead atoms. The van der Waals surface area contributed by atoms with Gasteiger partial charge < -0.3 is 14.6 Å². The number of benzene rings is 1. The van der Waals surface area contributed by atoms with Crippen molar-refractivity contribution in [2.24, 2.45) is 0 Å². The topological polar surface area (TPSA) is 43.3 Å². The predicted octanol–water partition coefficient (Wildman–Crippen LogP) is 2.74. The van der Waals surface area contributed by atoms with Gasteiger partial charge in [-0.15, -0.1) is 0 Å². The van der Waals surface area contributed by atoms with Crippen molar-refractivity contribution in [2.75, 3.05) is 13.7 Å². The highest BCUT2D eigenvalue weighted by Crippen LogP contribution is 2.26. The lowest BCUT2D eigenvalue weighted by atomic mass is 10.1. The Morgan fingerprint density at radius 3 is 2.80 bits per heavy atom. The third kappa shape index (κ3) is 2.95. The van der Waals surface area contributed by atoms with Crippen molar-refractivity contribution < 1.29 is 9.53 Å². The van der Waals surface area contributed by atoms with Gasteiger partial charge in [0.2, 0.25) is 5.91 Å². The molecule has 0 atom stereocenters. The average molecular weight is 274 g/mol. The summed E-state index contributed by atoms with van der Waals surface area (Å²) in [6, 6.07) is 6.14. The Labute approximate surface area is 119 Å². The highest BCUT2D eigenvalue weighted by atomic mass is 16.5. The molecule has 0 saturated carbocycles. The number of hydrogen-bond donors (Lipinski definition) is 1. The molecule has 2 rings (SSSR count). The lowest BCUT2D eigenvalue weighted by Gasteiger charge is -2.04. The Morgan fingerprint density at radius 2 is 2.15 bits per heavy atom. The number of hydrogen-bond acceptors (Lipinski definition) is 2. The molecule has 1 aromatic carbocycles. The largest absolute Gasteiger partial charge is 0.497 e. The molecule has 0 saturated heterocycles. The second kappa shape index (κ2) is 6.46. The maximum atomic E-state index is 11.3. The number of methoxy groups -OCH3 is 1. The average Bonchev–Trinajstić information content (AvgIpc) is 2.84. The zero-order valence-corrected chi connectivity index (χ0v) is 12.4. The van der Waals surface area contributed by atoms with Crippen LogP contribution in [-0.2, 0) is 17.8 Å². The molecule has 20 heavy (non-hydrogen) atoms. The summed E-state index contributed by atoms with van der Waals surface area (Å²) in [5, 5.41) is 4.13. The van der Waals surface area contributed by atoms with E-state index in [1.807, 2.05) is 13.0 Å². The fourth-order valence-electron chi connectivity index (χ4n) is 2.40. The zero-order chi connectivity index (χ0) is 14.5. The van der Waals surface area contributed by atoms with Gasteiger partial charge in [-0.25, -0.2) is 0 Å². The molecule has 0 radical (unpaired) electrons. The van der Waals surface area contributed by atoms with Crippen LogP contribution in [0.2, 0.25) is 0 Å². The van der Waals surface area contributed by atoms with Crippen LogP contribution in [0.1, 0.15) is 25.8 Å². The van der Waals surface area contributed by atoms with Gasteiger partial charge in [0.05, 0.1) is 7.11 Å². The summed E-state index contributed by atoms with van der Waals surface area (Å²) in [5.74, 6) is 0.965. The Hall–Kier alpha value is -1.97. The van der Waals surface area contributed by atoms with Crippen LogP contribution in [-0.4, -0.2) is 24.1 Å². The molecule has 4 nitrogen and oxygen atoms in total. The maximum absolute atomic E-state index is 11.3. The third-order valence-corrected chi connectivity index (χ3v) is 3.55. The van der Waals surface area contributed by atoms with Crippen LogP contribution in [0.15, 0.2) is 24.4 Å². The number of carbonyl (C=O) groups excluding carboxylic acids is 1. The van der Waals surface area contributed by atoms with E-state index < -0.39 is 0 Å². The third-order valence-electron chi connectivity index (χ3n) is 3.55. The first-order valence-electron chi connectivity index (χ1n) is 7.12. The first-order valence-corrected chi connectivity index (χ1v) is 7.12. The number of nitrogens with zero attached hydrogens (tertiary/aromatic N) is 1. The van der Waals surface area contributed by atoms with Crippen LogP contribution in [0.5, 0.6) is 5.75 Å². The van der Waals surface area contributed by atoms with Crippen LogP contribution in [0, 0.1) is 0 Å². The molecule has 1 N–H and O–H groups in total. The Kier molecular flexibility index (Phi) is 4.66. The minimum atomic E-state index is 0.0989. The molecule has 1 heterocycles. The fourth-order valence-corrected chi connectivity index (χ4v) is 2.40. The summed E-state index contributed by atoms with van der Waals surface area (Å²) < 4.78 is 7.53. The molecule has 0 fully saturated rings. The van der Waals surface area contributed by atoms with Gasteiger partial charge in [-0.1, -0.05) is 6.92 Å². The molecule has 0 aliphatic rings. The molecule has 0 spiro atoms. The minimum Gasteiger partial charge on any atom is -0.497 e. The van der Waals surface area contributed by atoms with Crippen molar-refractivity contribution in [3.63, 3.8) is 0 Å². The van der Waals surface area contributed by atoms with Gasteiger partial charge in [0, 0.05) is 36.6 Å². The number of ether oxygens (including phenoxy) is 1. The van der Waals surface area contributed by atoms with E-state index >= 15 is 0 Å². The van der Waals surface area contributed by atoms with E-state index in [0.717, 1.165) is 18.7 Å². The van der Waals surface area contributed by atoms with Crippen LogP contribution in [0.4, 0.5) is 0 Å². The SMILES string of the molecule is CCC(=O)NCCc1cn(CC)c2ccc(OC)cc12. The first kappa shape index (κ1) is 14.4. The van der Waals surface area contributed by atoms with Crippen LogP contribution in [0.3, 0.4) is 0 Å². The summed E-state index contributed by atoms with van der Waals surface area (Å²) in [6.45, 7) is 5.60. The molecular weight excluding hydrogens is 252 g/mol. The summed E-state index contributed by atoms with van der Waals surface area (Å²) in [7, 11) is 1.68. The highest BCUT2D eigenvalue weighted by Gasteiger charge is 2.09. The highest BCUT2D eigenvalue weighted by molar-refractivity contribution is 5.85. The number of carbonyl (C=O) groups is 1. The summed E-state index contributed by atoms with van der Waals surface area (Å²) in [4.78, 5) is 11.3. The van der Waals surface area contributed by atoms with Crippen LogP contribution < -0.4 is 10.1 Å². The number of amides is 1. The maximum Gasteiger partial charge on any atom is 0.219 e. The number of rotatable bonds is 6. The second-order valence-corrected chi connectivity index (χ2v) is 4.78. The standard InChI is InChI=1S/C16H22N2O2/c1-4-16(19)17-9-8-12-11-18(5-2)15-7-6-13(20-3)10-14(12)15/h6-7,10-11H,4-5,8-9H2,1-3H3,(H,17,19). The number of fused-ring (bicyclic) bond motifs is 1. The van der Waals surface area contributed by atoms with Crippen molar-refractivity contribution in [1.29, 1.82) is 0 Å². The molecule has 1 aromatic heterocycles. The van der Waals surface area contributed by atoms with Crippen LogP contribution >= 0.6 is 0 Å². The van der Waals surface area contributed by atoms with Crippen LogP contribution in [0.25, 0.3) is 10.9 Å². The Morgan fingerprint density at radius 1 is 1.35 bits per heavy atom. The zero-order valence-electron chi connectivity index (χ0n) is 12.4.